The minimum Gasteiger partial charge on any atom is -0.356 e. The lowest BCUT2D eigenvalue weighted by Crippen LogP contribution is -2.41. The first-order chi connectivity index (χ1) is 11.1. The maximum absolute atomic E-state index is 4.61. The second kappa shape index (κ2) is 10.3. The van der Waals surface area contributed by atoms with Crippen LogP contribution < -0.4 is 10.6 Å². The highest BCUT2D eigenvalue weighted by Gasteiger charge is 2.06. The highest BCUT2D eigenvalue weighted by Crippen LogP contribution is 2.13. The standard InChI is InChI=1S/C18H27N5.HI/c1-14(2)21-18(19-4)20-12-8-9-16-13-23(22-15(16)3)17-10-6-5-7-11-17;/h5-7,10-11,13-14H,8-9,12H2,1-4H3,(H2,19,20,21);1H. The molecule has 0 amide bonds. The molecule has 0 unspecified atom stereocenters. The SMILES string of the molecule is CN=C(NCCCc1cn(-c2ccccc2)nc1C)NC(C)C.I. The van der Waals surface area contributed by atoms with Gasteiger partial charge in [-0.05, 0) is 51.3 Å². The van der Waals surface area contributed by atoms with Crippen molar-refractivity contribution in [3.63, 3.8) is 0 Å². The molecule has 0 aliphatic carbocycles. The van der Waals surface area contributed by atoms with Crippen LogP contribution in [-0.4, -0.2) is 35.4 Å². The van der Waals surface area contributed by atoms with E-state index < -0.39 is 0 Å². The highest BCUT2D eigenvalue weighted by molar-refractivity contribution is 14.0. The van der Waals surface area contributed by atoms with Gasteiger partial charge in [-0.25, -0.2) is 4.68 Å². The van der Waals surface area contributed by atoms with Gasteiger partial charge in [-0.3, -0.25) is 4.99 Å². The Kier molecular flexibility index (Phi) is 8.81. The number of para-hydroxylation sites is 1. The van der Waals surface area contributed by atoms with Gasteiger partial charge in [0.05, 0.1) is 11.4 Å². The van der Waals surface area contributed by atoms with Gasteiger partial charge >= 0.3 is 0 Å². The molecule has 0 aliphatic rings. The number of aryl methyl sites for hydroxylation is 2. The average molecular weight is 441 g/mol. The van der Waals surface area contributed by atoms with Crippen molar-refractivity contribution in [2.24, 2.45) is 4.99 Å². The normalized spacial score (nSPS) is 11.3. The van der Waals surface area contributed by atoms with Crippen LogP contribution >= 0.6 is 24.0 Å². The van der Waals surface area contributed by atoms with Gasteiger partial charge in [0.25, 0.3) is 0 Å². The van der Waals surface area contributed by atoms with Crippen LogP contribution in [0.3, 0.4) is 0 Å². The smallest absolute Gasteiger partial charge is 0.191 e. The monoisotopic (exact) mass is 441 g/mol. The van der Waals surface area contributed by atoms with E-state index in [4.69, 9.17) is 0 Å². The van der Waals surface area contributed by atoms with E-state index in [1.54, 1.807) is 7.05 Å². The maximum atomic E-state index is 4.61. The molecular formula is C18H28IN5. The van der Waals surface area contributed by atoms with Crippen molar-refractivity contribution in [3.8, 4) is 5.69 Å². The number of nitrogens with one attached hydrogen (secondary N) is 2. The molecule has 24 heavy (non-hydrogen) atoms. The molecule has 0 saturated carbocycles. The van der Waals surface area contributed by atoms with Crippen LogP contribution in [0, 0.1) is 6.92 Å². The number of aromatic nitrogens is 2. The molecule has 2 aromatic rings. The zero-order valence-corrected chi connectivity index (χ0v) is 17.2. The maximum Gasteiger partial charge on any atom is 0.191 e. The summed E-state index contributed by atoms with van der Waals surface area (Å²) in [6.45, 7) is 7.17. The van der Waals surface area contributed by atoms with Crippen molar-refractivity contribution in [2.75, 3.05) is 13.6 Å². The topological polar surface area (TPSA) is 54.2 Å². The molecule has 1 aromatic carbocycles. The largest absolute Gasteiger partial charge is 0.356 e. The van der Waals surface area contributed by atoms with Crippen LogP contribution in [0.5, 0.6) is 0 Å². The van der Waals surface area contributed by atoms with Gasteiger partial charge in [0.15, 0.2) is 5.96 Å². The highest BCUT2D eigenvalue weighted by atomic mass is 127. The van der Waals surface area contributed by atoms with Gasteiger partial charge in [-0.15, -0.1) is 24.0 Å². The molecule has 132 valence electrons. The van der Waals surface area contributed by atoms with Crippen LogP contribution in [0.25, 0.3) is 5.69 Å². The molecule has 0 spiro atoms. The fraction of sp³-hybridized carbons (Fsp3) is 0.444. The van der Waals surface area contributed by atoms with Crippen LogP contribution in [0.1, 0.15) is 31.5 Å². The summed E-state index contributed by atoms with van der Waals surface area (Å²) in [5.74, 6) is 0.858. The van der Waals surface area contributed by atoms with E-state index in [0.29, 0.717) is 6.04 Å². The van der Waals surface area contributed by atoms with Gasteiger partial charge < -0.3 is 10.6 Å². The van der Waals surface area contributed by atoms with Crippen molar-refractivity contribution in [3.05, 3.63) is 47.8 Å². The molecule has 0 aliphatic heterocycles. The molecule has 0 fully saturated rings. The minimum absolute atomic E-state index is 0. The third kappa shape index (κ3) is 6.14. The zero-order valence-electron chi connectivity index (χ0n) is 14.9. The number of nitrogens with zero attached hydrogens (tertiary/aromatic N) is 3. The molecule has 0 bridgehead atoms. The van der Waals surface area contributed by atoms with Gasteiger partial charge in [0.2, 0.25) is 0 Å². The molecule has 5 nitrogen and oxygen atoms in total. The Morgan fingerprint density at radius 3 is 2.58 bits per heavy atom. The number of halogens is 1. The quantitative estimate of drug-likeness (QED) is 0.313. The Hall–Kier alpha value is -1.57. The van der Waals surface area contributed by atoms with Gasteiger partial charge in [0, 0.05) is 25.8 Å². The zero-order chi connectivity index (χ0) is 16.7. The summed E-state index contributed by atoms with van der Waals surface area (Å²) >= 11 is 0. The van der Waals surface area contributed by atoms with E-state index in [-0.39, 0.29) is 24.0 Å². The second-order valence-corrected chi connectivity index (χ2v) is 5.92. The lowest BCUT2D eigenvalue weighted by molar-refractivity contribution is 0.685. The summed E-state index contributed by atoms with van der Waals surface area (Å²) in [7, 11) is 1.80. The number of hydrogen-bond donors (Lipinski definition) is 2. The predicted octanol–water partition coefficient (Wildman–Crippen LogP) is 3.30. The Morgan fingerprint density at radius 1 is 1.25 bits per heavy atom. The van der Waals surface area contributed by atoms with Gasteiger partial charge in [-0.2, -0.15) is 5.10 Å². The molecule has 1 aromatic heterocycles. The van der Waals surface area contributed by atoms with Crippen molar-refractivity contribution in [2.45, 2.75) is 39.7 Å². The molecule has 0 radical (unpaired) electrons. The number of guanidine groups is 1. The van der Waals surface area contributed by atoms with Crippen LogP contribution in [-0.2, 0) is 6.42 Å². The Bertz CT molecular complexity index is 634. The fourth-order valence-electron chi connectivity index (χ4n) is 2.41. The van der Waals surface area contributed by atoms with Crippen molar-refractivity contribution in [1.82, 2.24) is 20.4 Å². The molecule has 2 rings (SSSR count). The van der Waals surface area contributed by atoms with E-state index in [2.05, 4.69) is 59.8 Å². The van der Waals surface area contributed by atoms with Crippen molar-refractivity contribution in [1.29, 1.82) is 0 Å². The molecule has 0 atom stereocenters. The molecule has 1 heterocycles. The van der Waals surface area contributed by atoms with Crippen molar-refractivity contribution >= 4 is 29.9 Å². The summed E-state index contributed by atoms with van der Waals surface area (Å²) in [4.78, 5) is 4.21. The average Bonchev–Trinajstić information content (AvgIpc) is 2.92. The number of aliphatic imine (C=N–C) groups is 1. The number of hydrogen-bond acceptors (Lipinski definition) is 2. The summed E-state index contributed by atoms with van der Waals surface area (Å²) < 4.78 is 1.96. The predicted molar refractivity (Wildman–Crippen MR) is 112 cm³/mol. The lowest BCUT2D eigenvalue weighted by Gasteiger charge is -2.14. The lowest BCUT2D eigenvalue weighted by atomic mass is 10.1. The first-order valence-corrected chi connectivity index (χ1v) is 8.18. The molecular weight excluding hydrogens is 413 g/mol. The van der Waals surface area contributed by atoms with Gasteiger partial charge in [0.1, 0.15) is 0 Å². The summed E-state index contributed by atoms with van der Waals surface area (Å²) in [5, 5.41) is 11.2. The first-order valence-electron chi connectivity index (χ1n) is 8.18. The Labute approximate surface area is 162 Å². The summed E-state index contributed by atoms with van der Waals surface area (Å²) in [5.41, 5.74) is 3.49. The van der Waals surface area contributed by atoms with Gasteiger partial charge in [-0.1, -0.05) is 18.2 Å². The summed E-state index contributed by atoms with van der Waals surface area (Å²) in [6, 6.07) is 10.6. The van der Waals surface area contributed by atoms with E-state index in [1.807, 2.05) is 22.9 Å². The molecule has 6 heteroatoms. The van der Waals surface area contributed by atoms with E-state index in [1.165, 1.54) is 5.56 Å². The van der Waals surface area contributed by atoms with Crippen LogP contribution in [0.4, 0.5) is 0 Å². The summed E-state index contributed by atoms with van der Waals surface area (Å²) in [6.07, 6.45) is 4.18. The Balaban J connectivity index is 0.00000288. The number of benzene rings is 1. The second-order valence-electron chi connectivity index (χ2n) is 5.92. The number of rotatable bonds is 6. The fourth-order valence-corrected chi connectivity index (χ4v) is 2.41. The van der Waals surface area contributed by atoms with E-state index in [0.717, 1.165) is 36.7 Å². The third-order valence-electron chi connectivity index (χ3n) is 3.59. The minimum atomic E-state index is 0. The van der Waals surface area contributed by atoms with Crippen LogP contribution in [0.15, 0.2) is 41.5 Å². The van der Waals surface area contributed by atoms with Crippen molar-refractivity contribution < 1.29 is 0 Å². The Morgan fingerprint density at radius 2 is 1.96 bits per heavy atom. The first kappa shape index (κ1) is 20.5. The van der Waals surface area contributed by atoms with E-state index >= 15 is 0 Å². The van der Waals surface area contributed by atoms with E-state index in [9.17, 15) is 0 Å². The molecule has 0 saturated heterocycles. The third-order valence-corrected chi connectivity index (χ3v) is 3.59. The molecule has 2 N–H and O–H groups in total. The van der Waals surface area contributed by atoms with Crippen LogP contribution in [0.2, 0.25) is 0 Å².